The van der Waals surface area contributed by atoms with Crippen molar-refractivity contribution >= 4 is 120 Å². The van der Waals surface area contributed by atoms with Crippen molar-refractivity contribution in [3.05, 3.63) is 221 Å². The summed E-state index contributed by atoms with van der Waals surface area (Å²) in [5.74, 6) is -1.16. The minimum Gasteiger partial charge on any atom is -0.461 e. The van der Waals surface area contributed by atoms with E-state index in [2.05, 4.69) is 37.8 Å². The number of fused-ring (bicyclic) bond motifs is 4. The maximum atomic E-state index is 15.3. The number of Topliss-reactive ketones (excluding diaryl/α,β-unsaturated/α-hetero) is 4. The Bertz CT molecular complexity index is 6360. The van der Waals surface area contributed by atoms with Crippen molar-refractivity contribution in [2.24, 2.45) is 21.7 Å². The Morgan fingerprint density at radius 1 is 0.407 bits per heavy atom. The molecule has 0 radical (unpaired) electrons. The quantitative estimate of drug-likeness (QED) is 0.0434. The zero-order valence-electron chi connectivity index (χ0n) is 77.0. The second kappa shape index (κ2) is 37.3. The number of aromatic nitrogens is 3. The number of ketones is 4. The summed E-state index contributed by atoms with van der Waals surface area (Å²) >= 11 is 0. The van der Waals surface area contributed by atoms with E-state index in [1.165, 1.54) is 79.2 Å². The number of rotatable bonds is 24. The first kappa shape index (κ1) is 101. The molecule has 0 saturated carbocycles. The summed E-state index contributed by atoms with van der Waals surface area (Å²) in [6.07, 6.45) is 1.49. The van der Waals surface area contributed by atoms with Crippen LogP contribution in [0.5, 0.6) is 23.0 Å². The molecule has 135 heavy (non-hydrogen) atoms. The van der Waals surface area contributed by atoms with Gasteiger partial charge in [-0.05, 0) is 178 Å². The van der Waals surface area contributed by atoms with E-state index in [-0.39, 0.29) is 141 Å². The molecule has 2 aromatic heterocycles. The van der Waals surface area contributed by atoms with Crippen molar-refractivity contribution in [3.8, 4) is 23.0 Å². The minimum absolute atomic E-state index is 0.00838. The molecule has 0 spiro atoms. The number of benzene rings is 6. The fraction of sp³-hybridized carbons (Fsp3) is 0.439. The number of aliphatic hydroxyl groups is 1. The van der Waals surface area contributed by atoms with E-state index in [4.69, 9.17) is 9.47 Å². The van der Waals surface area contributed by atoms with Crippen molar-refractivity contribution in [2.75, 3.05) is 65.6 Å². The number of hydrogen-bond acceptors (Lipinski definition) is 24. The lowest BCUT2D eigenvalue weighted by molar-refractivity contribution is -0.133. The van der Waals surface area contributed by atoms with Crippen molar-refractivity contribution in [1.82, 2.24) is 15.2 Å². The third kappa shape index (κ3) is 21.9. The molecule has 4 saturated heterocycles. The monoisotopic (exact) mass is 1950 g/mol. The second-order valence-corrected chi connectivity index (χ2v) is 48.1. The number of pyridine rings is 1. The molecule has 26 nitrogen and oxygen atoms in total. The highest BCUT2D eigenvalue weighted by Gasteiger charge is 2.52. The fourth-order valence-electron chi connectivity index (χ4n) is 18.4. The van der Waals surface area contributed by atoms with Crippen LogP contribution >= 0.6 is 0 Å². The van der Waals surface area contributed by atoms with Crippen molar-refractivity contribution in [3.63, 3.8) is 0 Å². The Morgan fingerprint density at radius 2 is 0.793 bits per heavy atom. The normalized spacial score (nSPS) is 21.3. The first-order valence-electron chi connectivity index (χ1n) is 43.8. The second-order valence-electron chi connectivity index (χ2n) is 39.1. The van der Waals surface area contributed by atoms with Gasteiger partial charge in [0.05, 0.1) is 97.3 Å². The van der Waals surface area contributed by atoms with Gasteiger partial charge in [-0.2, -0.15) is 17.6 Å². The highest BCUT2D eigenvalue weighted by Crippen LogP contribution is 2.55. The number of nitrogens with zero attached hydrogens (tertiary/aromatic N) is 7. The van der Waals surface area contributed by atoms with Gasteiger partial charge in [-0.15, -0.1) is 10.2 Å². The van der Waals surface area contributed by atoms with Crippen LogP contribution in [0.2, 0.25) is 0 Å². The maximum absolute atomic E-state index is 15.3. The zero-order chi connectivity index (χ0) is 99.0. The Kier molecular flexibility index (Phi) is 28.0. The largest absolute Gasteiger partial charge is 0.461 e. The highest BCUT2D eigenvalue weighted by molar-refractivity contribution is 7.93. The smallest absolute Gasteiger partial charge is 0.387 e. The Hall–Kier alpha value is -11.3. The first-order chi connectivity index (χ1) is 62.7. The first-order valence-corrected chi connectivity index (χ1v) is 51.1. The highest BCUT2D eigenvalue weighted by atomic mass is 32.2. The van der Waals surface area contributed by atoms with E-state index in [1.54, 1.807) is 128 Å². The number of amides is 2. The molecule has 0 bridgehead atoms. The molecule has 8 aliphatic heterocycles. The number of allylic oxidation sites excluding steroid dienone is 2. The molecule has 1 N–H and O–H groups in total. The van der Waals surface area contributed by atoms with Crippen LogP contribution in [0.4, 0.5) is 76.4 Å². The van der Waals surface area contributed by atoms with Gasteiger partial charge in [0.2, 0.25) is 18.6 Å². The number of ether oxygens (including phenoxy) is 4. The zero-order valence-corrected chi connectivity index (χ0v) is 80.3. The summed E-state index contributed by atoms with van der Waals surface area (Å²) in [6.45, 7) is 25.1. The molecular formula is C98H108F7N7O19S4. The van der Waals surface area contributed by atoms with Gasteiger partial charge in [0.15, 0.2) is 44.4 Å². The van der Waals surface area contributed by atoms with Gasteiger partial charge in [0.1, 0.15) is 69.7 Å². The molecule has 8 aliphatic rings. The molecule has 8 aromatic rings. The average Bonchev–Trinajstić information content (AvgIpc) is 1.59. The molecule has 2 unspecified atom stereocenters. The van der Waals surface area contributed by atoms with Gasteiger partial charge in [0, 0.05) is 114 Å². The number of alkyl halides is 6. The minimum atomic E-state index is -3.09. The number of hydrogen-bond donors (Lipinski definition) is 1. The molecule has 10 heterocycles. The lowest BCUT2D eigenvalue weighted by Crippen LogP contribution is -2.47. The summed E-state index contributed by atoms with van der Waals surface area (Å²) in [5.41, 5.74) is 1.76. The van der Waals surface area contributed by atoms with Crippen LogP contribution < -0.4 is 38.5 Å². The third-order valence-electron chi connectivity index (χ3n) is 26.7. The van der Waals surface area contributed by atoms with Gasteiger partial charge in [-0.1, -0.05) is 92.8 Å². The van der Waals surface area contributed by atoms with Crippen LogP contribution in [0.15, 0.2) is 170 Å². The van der Waals surface area contributed by atoms with E-state index in [0.29, 0.717) is 118 Å². The summed E-state index contributed by atoms with van der Waals surface area (Å²) in [5, 5.41) is 19.4. The Balaban J connectivity index is 0.000000153. The Morgan fingerprint density at radius 3 is 1.24 bits per heavy atom. The standard InChI is InChI=1S/C26H28F3NO4S.C25H29FN2O5S.C24H27F2N3O4S.C23H24FNO6S/c1-16-25(2,3)20-13-19(23(31)15-26(4)8-10-35(32,33)11-9-26)21(27)14-22(20)30(16)17-6-5-7-18(12-17)34-24(28)29;1-16(26)33-18-7-5-6-17(12-18)28-21-15-27-20(13-19(21)24(2,3)23(28)30)22(29)14-25(4)8-10-34(31,32)11-9-25;1-15-23(2,3)18-13-19(20(30)14-24(4)8-10-34(31,32)11-9-24)27-28-21(18)29(15)16-6-5-7-17(12-16)33-22(25)26;1-14(24)31-17-6-4-5-16(10-17)25-19-8-7-15(9-18(19)23(3,28)21(25)27)20(26)11-22(2)12-32(29,30)13-22/h5-7,12-14,24H,1,8-11,15H2,2-4H3;5-7,12-13,15-16H,8-11,14H2,1-4H3;5-7,12-13,22H,1,8-11,14H2,2-4H3;4-10,14,28H,11-13H2,1-3H3/t;;;14?,23-/m...1/s1. The number of anilines is 8. The van der Waals surface area contributed by atoms with Gasteiger partial charge < -0.3 is 29.0 Å². The van der Waals surface area contributed by atoms with Crippen molar-refractivity contribution in [1.29, 1.82) is 0 Å². The van der Waals surface area contributed by atoms with Gasteiger partial charge in [0.25, 0.3) is 5.91 Å². The summed E-state index contributed by atoms with van der Waals surface area (Å²) in [6, 6.07) is 36.0. The van der Waals surface area contributed by atoms with Crippen molar-refractivity contribution < 1.29 is 117 Å². The average molecular weight is 1950 g/mol. The van der Waals surface area contributed by atoms with E-state index in [9.17, 15) is 93.9 Å². The van der Waals surface area contributed by atoms with E-state index >= 15 is 4.39 Å². The summed E-state index contributed by atoms with van der Waals surface area (Å²) in [4.78, 5) is 89.2. The molecule has 722 valence electrons. The van der Waals surface area contributed by atoms with Crippen LogP contribution in [0, 0.1) is 27.5 Å². The van der Waals surface area contributed by atoms with Crippen LogP contribution in [0.25, 0.3) is 0 Å². The molecule has 4 fully saturated rings. The van der Waals surface area contributed by atoms with Gasteiger partial charge in [-0.3, -0.25) is 48.5 Å². The number of carbonyl (C=O) groups is 6. The van der Waals surface area contributed by atoms with E-state index < -0.39 is 121 Å². The summed E-state index contributed by atoms with van der Waals surface area (Å²) < 4.78 is 206. The van der Waals surface area contributed by atoms with Gasteiger partial charge >= 0.3 is 13.2 Å². The molecule has 2 amide bonds. The maximum Gasteiger partial charge on any atom is 0.387 e. The van der Waals surface area contributed by atoms with Crippen LogP contribution in [0.3, 0.4) is 0 Å². The van der Waals surface area contributed by atoms with Crippen LogP contribution in [-0.4, -0.2) is 161 Å². The SMILES string of the molecule is C=C1N(c2cccc(OC(F)F)c2)c2cc(F)c(C(=O)CC3(C)CCS(=O)(=O)CC3)cc2C1(C)C.C=C1N(c2cccc(OC(F)F)c2)c2nnc(C(=O)CC3(C)CCS(=O)(=O)CC3)cc2C1(C)C.CC(F)Oc1cccc(N2C(=O)C(C)(C)c3cc(C(=O)CC4(C)CCS(=O)(=O)CC4)ncc32)c1.CC(F)Oc1cccc(N2C(=O)[C@](C)(O)c3cc(C(=O)CC4(C)CS(=O)(=O)C4)ccc32)c1. The molecule has 3 atom stereocenters. The van der Waals surface area contributed by atoms with E-state index in [0.717, 1.165) is 5.56 Å². The molecule has 37 heteroatoms. The molecule has 0 aliphatic carbocycles. The third-order valence-corrected chi connectivity index (χ3v) is 33.9. The molecule has 16 rings (SSSR count). The number of carbonyl (C=O) groups excluding carboxylic acids is 6. The molecule has 6 aromatic carbocycles. The topological polar surface area (TPSA) is 348 Å². The summed E-state index contributed by atoms with van der Waals surface area (Å²) in [7, 11) is -12.2. The predicted molar refractivity (Wildman–Crippen MR) is 497 cm³/mol. The lowest BCUT2D eigenvalue weighted by Gasteiger charge is -2.37. The van der Waals surface area contributed by atoms with Crippen LogP contribution in [-0.2, 0) is 70.8 Å². The predicted octanol–water partition coefficient (Wildman–Crippen LogP) is 18.8. The number of sulfone groups is 4. The lowest BCUT2D eigenvalue weighted by atomic mass is 9.77. The van der Waals surface area contributed by atoms with E-state index in [1.807, 2.05) is 48.5 Å². The van der Waals surface area contributed by atoms with Gasteiger partial charge in [-0.25, -0.2) is 46.8 Å². The van der Waals surface area contributed by atoms with Crippen molar-refractivity contribution in [2.45, 2.75) is 202 Å². The Labute approximate surface area is 780 Å². The number of halogens is 7. The van der Waals surface area contributed by atoms with Crippen LogP contribution in [0.1, 0.15) is 218 Å². The molecular weight excluding hydrogens is 1840 g/mol. The fourth-order valence-corrected chi connectivity index (χ4v) is 26.1.